The summed E-state index contributed by atoms with van der Waals surface area (Å²) in [6, 6.07) is 2.04. The molecule has 1 heterocycles. The monoisotopic (exact) mass is 303 g/mol. The molecule has 1 unspecified atom stereocenters. The maximum Gasteiger partial charge on any atom is 0.320 e. The van der Waals surface area contributed by atoms with E-state index in [2.05, 4.69) is 38.0 Å². The SMILES string of the molecule is CCn1nc(C)cc1CNCC(Br)C(=O)OC. The van der Waals surface area contributed by atoms with Crippen LogP contribution in [0.5, 0.6) is 0 Å². The first kappa shape index (κ1) is 14.2. The van der Waals surface area contributed by atoms with Crippen molar-refractivity contribution in [1.82, 2.24) is 15.1 Å². The molecular formula is C11H18BrN3O2. The number of carbonyl (C=O) groups excluding carboxylic acids is 1. The van der Waals surface area contributed by atoms with Crippen LogP contribution >= 0.6 is 15.9 Å². The topological polar surface area (TPSA) is 56.2 Å². The van der Waals surface area contributed by atoms with Gasteiger partial charge in [0.1, 0.15) is 4.83 Å². The zero-order valence-electron chi connectivity index (χ0n) is 10.4. The summed E-state index contributed by atoms with van der Waals surface area (Å²) in [5, 5.41) is 7.55. The number of halogens is 1. The van der Waals surface area contributed by atoms with E-state index < -0.39 is 0 Å². The fourth-order valence-corrected chi connectivity index (χ4v) is 1.97. The van der Waals surface area contributed by atoms with Gasteiger partial charge in [0, 0.05) is 19.6 Å². The van der Waals surface area contributed by atoms with Crippen molar-refractivity contribution in [3.8, 4) is 0 Å². The molecule has 17 heavy (non-hydrogen) atoms. The Bertz CT molecular complexity index is 379. The quantitative estimate of drug-likeness (QED) is 0.634. The van der Waals surface area contributed by atoms with E-state index in [-0.39, 0.29) is 10.8 Å². The lowest BCUT2D eigenvalue weighted by atomic mass is 10.3. The predicted molar refractivity (Wildman–Crippen MR) is 69.1 cm³/mol. The van der Waals surface area contributed by atoms with Crippen molar-refractivity contribution in [2.24, 2.45) is 0 Å². The van der Waals surface area contributed by atoms with Gasteiger partial charge in [0.05, 0.1) is 18.5 Å². The highest BCUT2D eigenvalue weighted by molar-refractivity contribution is 9.10. The molecule has 0 aliphatic rings. The van der Waals surface area contributed by atoms with Gasteiger partial charge in [-0.3, -0.25) is 9.48 Å². The van der Waals surface area contributed by atoms with Crippen molar-refractivity contribution in [2.45, 2.75) is 31.8 Å². The largest absolute Gasteiger partial charge is 0.468 e. The molecule has 1 N–H and O–H groups in total. The first-order chi connectivity index (χ1) is 8.08. The highest BCUT2D eigenvalue weighted by Crippen LogP contribution is 2.04. The van der Waals surface area contributed by atoms with E-state index in [0.29, 0.717) is 13.1 Å². The second kappa shape index (κ2) is 6.76. The summed E-state index contributed by atoms with van der Waals surface area (Å²) in [7, 11) is 1.38. The zero-order chi connectivity index (χ0) is 12.8. The number of hydrogen-bond donors (Lipinski definition) is 1. The lowest BCUT2D eigenvalue weighted by molar-refractivity contribution is -0.139. The number of aromatic nitrogens is 2. The van der Waals surface area contributed by atoms with Crippen LogP contribution in [-0.2, 0) is 22.6 Å². The fraction of sp³-hybridized carbons (Fsp3) is 0.636. The highest BCUT2D eigenvalue weighted by Gasteiger charge is 2.14. The molecule has 1 atom stereocenters. The summed E-state index contributed by atoms with van der Waals surface area (Å²) in [5.74, 6) is -0.266. The van der Waals surface area contributed by atoms with Gasteiger partial charge in [0.15, 0.2) is 0 Å². The van der Waals surface area contributed by atoms with E-state index in [0.717, 1.165) is 17.9 Å². The summed E-state index contributed by atoms with van der Waals surface area (Å²) in [6.45, 7) is 6.09. The van der Waals surface area contributed by atoms with Crippen LogP contribution in [0.3, 0.4) is 0 Å². The molecule has 0 amide bonds. The first-order valence-electron chi connectivity index (χ1n) is 5.54. The Hall–Kier alpha value is -0.880. The smallest absolute Gasteiger partial charge is 0.320 e. The Kier molecular flexibility index (Phi) is 5.64. The van der Waals surface area contributed by atoms with Gasteiger partial charge in [-0.1, -0.05) is 15.9 Å². The standard InChI is InChI=1S/C11H18BrN3O2/c1-4-15-9(5-8(2)14-15)6-13-7-10(12)11(16)17-3/h5,10,13H,4,6-7H2,1-3H3. The maximum atomic E-state index is 11.2. The highest BCUT2D eigenvalue weighted by atomic mass is 79.9. The Balaban J connectivity index is 2.42. The molecule has 1 rings (SSSR count). The summed E-state index contributed by atoms with van der Waals surface area (Å²) in [6.07, 6.45) is 0. The summed E-state index contributed by atoms with van der Waals surface area (Å²) in [5.41, 5.74) is 2.13. The van der Waals surface area contributed by atoms with Gasteiger partial charge in [-0.25, -0.2) is 0 Å². The molecule has 0 fully saturated rings. The van der Waals surface area contributed by atoms with Gasteiger partial charge in [0.25, 0.3) is 0 Å². The number of rotatable bonds is 6. The number of aryl methyl sites for hydroxylation is 2. The zero-order valence-corrected chi connectivity index (χ0v) is 12.0. The molecule has 0 bridgehead atoms. The number of ether oxygens (including phenoxy) is 1. The molecule has 0 saturated carbocycles. The maximum absolute atomic E-state index is 11.2. The van der Waals surface area contributed by atoms with Crippen molar-refractivity contribution in [3.63, 3.8) is 0 Å². The van der Waals surface area contributed by atoms with Crippen LogP contribution in [0, 0.1) is 6.92 Å². The molecule has 6 heteroatoms. The molecule has 0 aliphatic heterocycles. The normalized spacial score (nSPS) is 12.5. The second-order valence-corrected chi connectivity index (χ2v) is 4.82. The average Bonchev–Trinajstić information content (AvgIpc) is 2.68. The van der Waals surface area contributed by atoms with Gasteiger partial charge in [-0.05, 0) is 19.9 Å². The minimum Gasteiger partial charge on any atom is -0.468 e. The molecule has 5 nitrogen and oxygen atoms in total. The lowest BCUT2D eigenvalue weighted by Gasteiger charge is -2.09. The van der Waals surface area contributed by atoms with Crippen molar-refractivity contribution in [1.29, 1.82) is 0 Å². The van der Waals surface area contributed by atoms with Gasteiger partial charge in [-0.15, -0.1) is 0 Å². The minimum atomic E-state index is -0.313. The summed E-state index contributed by atoms with van der Waals surface area (Å²) in [4.78, 5) is 10.8. The number of alkyl halides is 1. The van der Waals surface area contributed by atoms with E-state index in [1.54, 1.807) is 0 Å². The van der Waals surface area contributed by atoms with Gasteiger partial charge in [0.2, 0.25) is 0 Å². The first-order valence-corrected chi connectivity index (χ1v) is 6.46. The van der Waals surface area contributed by atoms with Crippen molar-refractivity contribution in [3.05, 3.63) is 17.5 Å². The third kappa shape index (κ3) is 4.12. The van der Waals surface area contributed by atoms with Crippen LogP contribution in [0.4, 0.5) is 0 Å². The molecule has 1 aromatic heterocycles. The van der Waals surface area contributed by atoms with Crippen molar-refractivity contribution < 1.29 is 9.53 Å². The number of nitrogens with zero attached hydrogens (tertiary/aromatic N) is 2. The van der Waals surface area contributed by atoms with Crippen LogP contribution in [0.25, 0.3) is 0 Å². The number of methoxy groups -OCH3 is 1. The Labute approximate surface area is 110 Å². The van der Waals surface area contributed by atoms with Gasteiger partial charge in [-0.2, -0.15) is 5.10 Å². The van der Waals surface area contributed by atoms with Gasteiger partial charge < -0.3 is 10.1 Å². The van der Waals surface area contributed by atoms with Crippen molar-refractivity contribution >= 4 is 21.9 Å². The molecule has 0 saturated heterocycles. The van der Waals surface area contributed by atoms with Crippen LogP contribution < -0.4 is 5.32 Å². The summed E-state index contributed by atoms with van der Waals surface area (Å²) < 4.78 is 6.57. The molecule has 1 aromatic rings. The molecule has 0 radical (unpaired) electrons. The third-order valence-corrected chi connectivity index (χ3v) is 3.07. The van der Waals surface area contributed by atoms with Crippen LogP contribution in [-0.4, -0.2) is 34.2 Å². The number of hydrogen-bond acceptors (Lipinski definition) is 4. The lowest BCUT2D eigenvalue weighted by Crippen LogP contribution is -2.30. The van der Waals surface area contributed by atoms with E-state index in [1.807, 2.05) is 17.7 Å². The van der Waals surface area contributed by atoms with Crippen LogP contribution in [0.2, 0.25) is 0 Å². The van der Waals surface area contributed by atoms with Crippen LogP contribution in [0.15, 0.2) is 6.07 Å². The number of esters is 1. The molecule has 0 spiro atoms. The second-order valence-electron chi connectivity index (χ2n) is 3.71. The molecule has 0 aliphatic carbocycles. The number of nitrogens with one attached hydrogen (secondary N) is 1. The Morgan fingerprint density at radius 3 is 3.00 bits per heavy atom. The minimum absolute atomic E-state index is 0.266. The predicted octanol–water partition coefficient (Wildman–Crippen LogP) is 1.24. The Morgan fingerprint density at radius 1 is 1.71 bits per heavy atom. The van der Waals surface area contributed by atoms with E-state index in [1.165, 1.54) is 7.11 Å². The molecule has 96 valence electrons. The molecule has 0 aromatic carbocycles. The fourth-order valence-electron chi connectivity index (χ4n) is 1.55. The van der Waals surface area contributed by atoms with E-state index >= 15 is 0 Å². The van der Waals surface area contributed by atoms with E-state index in [4.69, 9.17) is 0 Å². The van der Waals surface area contributed by atoms with E-state index in [9.17, 15) is 4.79 Å². The number of carbonyl (C=O) groups is 1. The Morgan fingerprint density at radius 2 is 2.41 bits per heavy atom. The van der Waals surface area contributed by atoms with Crippen LogP contribution in [0.1, 0.15) is 18.3 Å². The molecular weight excluding hydrogens is 286 g/mol. The van der Waals surface area contributed by atoms with Crippen molar-refractivity contribution in [2.75, 3.05) is 13.7 Å². The van der Waals surface area contributed by atoms with Gasteiger partial charge >= 0.3 is 5.97 Å². The average molecular weight is 304 g/mol. The third-order valence-electron chi connectivity index (χ3n) is 2.37. The summed E-state index contributed by atoms with van der Waals surface area (Å²) >= 11 is 3.26.